The van der Waals surface area contributed by atoms with Gasteiger partial charge in [0.05, 0.1) is 18.6 Å². The number of aliphatic hydroxyl groups excluding tert-OH is 1. The first-order valence-electron chi connectivity index (χ1n) is 7.47. The molecule has 0 aliphatic heterocycles. The highest BCUT2D eigenvalue weighted by Gasteiger charge is 2.31. The SMILES string of the molecule is C[C@H](O)[C@@H](NC(=O)[C@@H](N)CC(=O)O)C(=O)OC1CCCCC1. The number of ether oxygens (including phenoxy) is 1. The number of aliphatic carboxylic acids is 1. The second-order valence-electron chi connectivity index (χ2n) is 5.63. The Kier molecular flexibility index (Phi) is 7.26. The molecule has 1 saturated carbocycles. The van der Waals surface area contributed by atoms with Crippen LogP contribution in [-0.4, -0.2) is 52.4 Å². The molecule has 0 radical (unpaired) electrons. The highest BCUT2D eigenvalue weighted by atomic mass is 16.5. The van der Waals surface area contributed by atoms with Crippen LogP contribution in [0.15, 0.2) is 0 Å². The molecule has 1 rings (SSSR count). The van der Waals surface area contributed by atoms with E-state index in [-0.39, 0.29) is 6.10 Å². The third-order valence-corrected chi connectivity index (χ3v) is 3.60. The van der Waals surface area contributed by atoms with E-state index in [9.17, 15) is 19.5 Å². The standard InChI is InChI=1S/C14H24N2O6/c1-8(17)12(16-13(20)10(15)7-11(18)19)14(21)22-9-5-3-2-4-6-9/h8-10,12,17H,2-7,15H2,1H3,(H,16,20)(H,18,19)/t8-,10-,12+/m0/s1. The average molecular weight is 316 g/mol. The predicted molar refractivity (Wildman–Crippen MR) is 76.8 cm³/mol. The molecule has 8 heteroatoms. The largest absolute Gasteiger partial charge is 0.481 e. The van der Waals surface area contributed by atoms with Gasteiger partial charge in [-0.3, -0.25) is 9.59 Å². The molecular formula is C14H24N2O6. The van der Waals surface area contributed by atoms with Gasteiger partial charge in [0.2, 0.25) is 5.91 Å². The Bertz CT molecular complexity index is 406. The number of carboxylic acid groups (broad SMARTS) is 1. The smallest absolute Gasteiger partial charge is 0.331 e. The number of aliphatic hydroxyl groups is 1. The monoisotopic (exact) mass is 316 g/mol. The molecule has 22 heavy (non-hydrogen) atoms. The molecule has 0 aromatic rings. The van der Waals surface area contributed by atoms with Crippen molar-refractivity contribution in [3.63, 3.8) is 0 Å². The number of carboxylic acids is 1. The van der Waals surface area contributed by atoms with Crippen LogP contribution in [0.1, 0.15) is 45.4 Å². The molecule has 0 bridgehead atoms. The van der Waals surface area contributed by atoms with Crippen molar-refractivity contribution < 1.29 is 29.3 Å². The minimum atomic E-state index is -1.29. The maximum Gasteiger partial charge on any atom is 0.331 e. The van der Waals surface area contributed by atoms with Gasteiger partial charge in [-0.2, -0.15) is 0 Å². The Hall–Kier alpha value is -1.67. The minimum absolute atomic E-state index is 0.202. The average Bonchev–Trinajstić information content (AvgIpc) is 2.44. The van der Waals surface area contributed by atoms with Crippen LogP contribution in [0.4, 0.5) is 0 Å². The van der Waals surface area contributed by atoms with Crippen LogP contribution >= 0.6 is 0 Å². The zero-order valence-corrected chi connectivity index (χ0v) is 12.7. The molecule has 0 unspecified atom stereocenters. The summed E-state index contributed by atoms with van der Waals surface area (Å²) in [7, 11) is 0. The quantitative estimate of drug-likeness (QED) is 0.466. The predicted octanol–water partition coefficient (Wildman–Crippen LogP) is -0.470. The summed E-state index contributed by atoms with van der Waals surface area (Å²) in [4.78, 5) is 34.4. The summed E-state index contributed by atoms with van der Waals surface area (Å²) in [5.41, 5.74) is 5.42. The lowest BCUT2D eigenvalue weighted by molar-refractivity contribution is -0.157. The van der Waals surface area contributed by atoms with Crippen molar-refractivity contribution in [2.24, 2.45) is 5.73 Å². The van der Waals surface area contributed by atoms with E-state index in [0.717, 1.165) is 32.1 Å². The summed E-state index contributed by atoms with van der Waals surface area (Å²) in [6.45, 7) is 1.34. The van der Waals surface area contributed by atoms with Gasteiger partial charge in [-0.1, -0.05) is 6.42 Å². The molecule has 8 nitrogen and oxygen atoms in total. The summed E-state index contributed by atoms with van der Waals surface area (Å²) < 4.78 is 5.31. The van der Waals surface area contributed by atoms with Gasteiger partial charge in [-0.25, -0.2) is 4.79 Å². The molecule has 1 fully saturated rings. The van der Waals surface area contributed by atoms with Crippen LogP contribution in [-0.2, 0) is 19.1 Å². The number of amides is 1. The molecule has 1 aliphatic rings. The number of nitrogens with two attached hydrogens (primary N) is 1. The fourth-order valence-electron chi connectivity index (χ4n) is 2.34. The lowest BCUT2D eigenvalue weighted by Crippen LogP contribution is -2.54. The first-order chi connectivity index (χ1) is 10.3. The number of carbonyl (C=O) groups is 3. The molecule has 3 atom stereocenters. The second-order valence-corrected chi connectivity index (χ2v) is 5.63. The minimum Gasteiger partial charge on any atom is -0.481 e. The van der Waals surface area contributed by atoms with Crippen LogP contribution in [0.5, 0.6) is 0 Å². The number of rotatable bonds is 7. The van der Waals surface area contributed by atoms with Crippen LogP contribution in [0.25, 0.3) is 0 Å². The highest BCUT2D eigenvalue weighted by Crippen LogP contribution is 2.20. The summed E-state index contributed by atoms with van der Waals surface area (Å²) >= 11 is 0. The topological polar surface area (TPSA) is 139 Å². The number of carbonyl (C=O) groups excluding carboxylic acids is 2. The Morgan fingerprint density at radius 3 is 2.36 bits per heavy atom. The fourth-order valence-corrected chi connectivity index (χ4v) is 2.34. The Balaban J connectivity index is 2.58. The molecule has 5 N–H and O–H groups in total. The van der Waals surface area contributed by atoms with Gasteiger partial charge in [-0.15, -0.1) is 0 Å². The third-order valence-electron chi connectivity index (χ3n) is 3.60. The second kappa shape index (κ2) is 8.70. The van der Waals surface area contributed by atoms with E-state index >= 15 is 0 Å². The van der Waals surface area contributed by atoms with Gasteiger partial charge >= 0.3 is 11.9 Å². The Morgan fingerprint density at radius 2 is 1.86 bits per heavy atom. The first kappa shape index (κ1) is 18.4. The normalized spacial score (nSPS) is 19.8. The molecular weight excluding hydrogens is 292 g/mol. The van der Waals surface area contributed by atoms with Crippen LogP contribution in [0.2, 0.25) is 0 Å². The lowest BCUT2D eigenvalue weighted by Gasteiger charge is -2.26. The molecule has 0 aromatic heterocycles. The molecule has 1 aliphatic carbocycles. The van der Waals surface area contributed by atoms with Crippen molar-refractivity contribution >= 4 is 17.8 Å². The van der Waals surface area contributed by atoms with Gasteiger partial charge in [0, 0.05) is 0 Å². The zero-order chi connectivity index (χ0) is 16.7. The van der Waals surface area contributed by atoms with E-state index in [4.69, 9.17) is 15.6 Å². The van der Waals surface area contributed by atoms with Gasteiger partial charge in [0.25, 0.3) is 0 Å². The molecule has 126 valence electrons. The van der Waals surface area contributed by atoms with E-state index < -0.39 is 42.5 Å². The van der Waals surface area contributed by atoms with Crippen molar-refractivity contribution in [3.8, 4) is 0 Å². The van der Waals surface area contributed by atoms with E-state index in [1.165, 1.54) is 6.92 Å². The maximum absolute atomic E-state index is 12.1. The number of hydrogen-bond acceptors (Lipinski definition) is 6. The van der Waals surface area contributed by atoms with E-state index in [1.807, 2.05) is 0 Å². The molecule has 0 aromatic carbocycles. The summed E-state index contributed by atoms with van der Waals surface area (Å²) in [5, 5.41) is 20.5. The highest BCUT2D eigenvalue weighted by molar-refractivity contribution is 5.90. The van der Waals surface area contributed by atoms with Gasteiger partial charge in [0.15, 0.2) is 6.04 Å². The maximum atomic E-state index is 12.1. The van der Waals surface area contributed by atoms with Crippen molar-refractivity contribution in [3.05, 3.63) is 0 Å². The molecule has 1 amide bonds. The Morgan fingerprint density at radius 1 is 1.27 bits per heavy atom. The summed E-state index contributed by atoms with van der Waals surface area (Å²) in [6, 6.07) is -2.55. The van der Waals surface area contributed by atoms with Crippen LogP contribution in [0.3, 0.4) is 0 Å². The molecule has 0 heterocycles. The summed E-state index contributed by atoms with van der Waals surface area (Å²) in [6.07, 6.45) is 2.67. The first-order valence-corrected chi connectivity index (χ1v) is 7.47. The van der Waals surface area contributed by atoms with Crippen molar-refractivity contribution in [1.82, 2.24) is 5.32 Å². The lowest BCUT2D eigenvalue weighted by atomic mass is 9.97. The van der Waals surface area contributed by atoms with Gasteiger partial charge in [0.1, 0.15) is 6.10 Å². The van der Waals surface area contributed by atoms with E-state index in [2.05, 4.69) is 5.32 Å². The van der Waals surface area contributed by atoms with Gasteiger partial charge < -0.3 is 26.0 Å². The molecule has 0 spiro atoms. The molecule has 0 saturated heterocycles. The van der Waals surface area contributed by atoms with Crippen molar-refractivity contribution in [2.75, 3.05) is 0 Å². The fraction of sp³-hybridized carbons (Fsp3) is 0.786. The number of nitrogens with one attached hydrogen (secondary N) is 1. The number of esters is 1. The van der Waals surface area contributed by atoms with Crippen LogP contribution in [0, 0.1) is 0 Å². The van der Waals surface area contributed by atoms with Crippen LogP contribution < -0.4 is 11.1 Å². The van der Waals surface area contributed by atoms with E-state index in [1.54, 1.807) is 0 Å². The number of hydrogen-bond donors (Lipinski definition) is 4. The van der Waals surface area contributed by atoms with E-state index in [0.29, 0.717) is 0 Å². The van der Waals surface area contributed by atoms with Gasteiger partial charge in [-0.05, 0) is 32.6 Å². The summed E-state index contributed by atoms with van der Waals surface area (Å²) in [5.74, 6) is -2.76. The van der Waals surface area contributed by atoms with Crippen molar-refractivity contribution in [1.29, 1.82) is 0 Å². The zero-order valence-electron chi connectivity index (χ0n) is 12.7. The van der Waals surface area contributed by atoms with Crippen molar-refractivity contribution in [2.45, 2.75) is 69.7 Å². The third kappa shape index (κ3) is 5.98. The Labute approximate surface area is 129 Å².